The summed E-state index contributed by atoms with van der Waals surface area (Å²) in [6, 6.07) is 0. The van der Waals surface area contributed by atoms with Gasteiger partial charge in [0.2, 0.25) is 25.9 Å². The highest BCUT2D eigenvalue weighted by Gasteiger charge is 2.60. The molecule has 3 heterocycles. The minimum absolute atomic E-state index is 0.00838. The molecule has 0 aliphatic carbocycles. The summed E-state index contributed by atoms with van der Waals surface area (Å²) in [6.45, 7) is 4.35. The summed E-state index contributed by atoms with van der Waals surface area (Å²) in [5, 5.41) is 3.77. The molecular weight excluding hydrogens is 344 g/mol. The van der Waals surface area contributed by atoms with E-state index in [0.29, 0.717) is 11.7 Å². The second kappa shape index (κ2) is 5.23. The van der Waals surface area contributed by atoms with Crippen molar-refractivity contribution in [3.8, 4) is 0 Å². The van der Waals surface area contributed by atoms with Gasteiger partial charge in [0.05, 0.1) is 17.9 Å². The molecule has 11 heteroatoms. The third kappa shape index (κ3) is 2.79. The van der Waals surface area contributed by atoms with Crippen LogP contribution in [0.15, 0.2) is 4.52 Å². The average Bonchev–Trinajstić information content (AvgIpc) is 2.99. The van der Waals surface area contributed by atoms with Crippen LogP contribution in [0, 0.1) is 12.3 Å². The van der Waals surface area contributed by atoms with Gasteiger partial charge in [0.15, 0.2) is 5.82 Å². The maximum Gasteiger partial charge on any atom is 0.231 e. The Morgan fingerprint density at radius 1 is 1.22 bits per heavy atom. The molecule has 0 N–H and O–H groups in total. The van der Waals surface area contributed by atoms with Crippen molar-refractivity contribution in [2.24, 2.45) is 5.41 Å². The molecule has 2 saturated heterocycles. The zero-order chi connectivity index (χ0) is 17.0. The third-order valence-electron chi connectivity index (χ3n) is 4.67. The number of aromatic nitrogens is 2. The molecule has 1 spiro atoms. The first-order valence-electron chi connectivity index (χ1n) is 7.30. The van der Waals surface area contributed by atoms with Gasteiger partial charge in [-0.05, 0) is 13.8 Å². The van der Waals surface area contributed by atoms with E-state index in [-0.39, 0.29) is 37.8 Å². The molecular formula is C12H20N4O5S2. The molecule has 2 aliphatic rings. The van der Waals surface area contributed by atoms with Crippen molar-refractivity contribution in [1.82, 2.24) is 18.8 Å². The Morgan fingerprint density at radius 2 is 1.83 bits per heavy atom. The lowest BCUT2D eigenvalue weighted by molar-refractivity contribution is 0.0599. The first-order chi connectivity index (χ1) is 10.6. The number of sulfonamides is 2. The normalized spacial score (nSPS) is 25.8. The van der Waals surface area contributed by atoms with E-state index in [1.54, 1.807) is 13.8 Å². The van der Waals surface area contributed by atoms with Gasteiger partial charge in [-0.1, -0.05) is 5.16 Å². The maximum atomic E-state index is 12.2. The Morgan fingerprint density at radius 3 is 2.30 bits per heavy atom. The first-order valence-corrected chi connectivity index (χ1v) is 10.8. The lowest BCUT2D eigenvalue weighted by Crippen LogP contribution is -2.61. The van der Waals surface area contributed by atoms with Crippen molar-refractivity contribution in [3.63, 3.8) is 0 Å². The maximum absolute atomic E-state index is 12.2. The zero-order valence-electron chi connectivity index (χ0n) is 13.3. The molecule has 130 valence electrons. The number of hydrogen-bond acceptors (Lipinski definition) is 7. The molecule has 1 atom stereocenters. The minimum Gasteiger partial charge on any atom is -0.339 e. The van der Waals surface area contributed by atoms with Gasteiger partial charge in [-0.2, -0.15) is 4.98 Å². The Labute approximate surface area is 135 Å². The van der Waals surface area contributed by atoms with Crippen LogP contribution in [0.25, 0.3) is 0 Å². The molecule has 1 unspecified atom stereocenters. The van der Waals surface area contributed by atoms with E-state index in [0.717, 1.165) is 6.26 Å². The standard InChI is InChI=1S/C12H20N4O5S2/c1-4-23(19,20)15-5-10(11-13-9(2)14-21-11)12(6-15)7-16(8-12)22(3,17)18/h10H,4-8H2,1-3H3. The molecule has 0 saturated carbocycles. The SMILES string of the molecule is CCS(=O)(=O)N1CC(c2nc(C)no2)C2(CN(S(C)(=O)=O)C2)C1. The number of aryl methyl sites for hydroxylation is 1. The summed E-state index contributed by atoms with van der Waals surface area (Å²) in [7, 11) is -6.65. The predicted molar refractivity (Wildman–Crippen MR) is 81.7 cm³/mol. The van der Waals surface area contributed by atoms with Gasteiger partial charge in [-0.15, -0.1) is 0 Å². The zero-order valence-corrected chi connectivity index (χ0v) is 14.9. The molecule has 1 aromatic heterocycles. The van der Waals surface area contributed by atoms with E-state index in [2.05, 4.69) is 10.1 Å². The quantitative estimate of drug-likeness (QED) is 0.700. The number of nitrogens with zero attached hydrogens (tertiary/aromatic N) is 4. The molecule has 1 aromatic rings. The number of hydrogen-bond donors (Lipinski definition) is 0. The largest absolute Gasteiger partial charge is 0.339 e. The first kappa shape index (κ1) is 16.8. The second-order valence-electron chi connectivity index (χ2n) is 6.32. The van der Waals surface area contributed by atoms with Gasteiger partial charge < -0.3 is 4.52 Å². The highest BCUT2D eigenvalue weighted by atomic mass is 32.2. The fourth-order valence-electron chi connectivity index (χ4n) is 3.32. The number of rotatable bonds is 4. The highest BCUT2D eigenvalue weighted by molar-refractivity contribution is 7.89. The fraction of sp³-hybridized carbons (Fsp3) is 0.833. The van der Waals surface area contributed by atoms with Gasteiger partial charge in [0.1, 0.15) is 0 Å². The lowest BCUT2D eigenvalue weighted by Gasteiger charge is -2.48. The molecule has 3 rings (SSSR count). The molecule has 0 radical (unpaired) electrons. The van der Waals surface area contributed by atoms with E-state index in [9.17, 15) is 16.8 Å². The van der Waals surface area contributed by atoms with Crippen LogP contribution in [0.3, 0.4) is 0 Å². The molecule has 2 aliphatic heterocycles. The average molecular weight is 364 g/mol. The van der Waals surface area contributed by atoms with Crippen LogP contribution >= 0.6 is 0 Å². The van der Waals surface area contributed by atoms with Crippen molar-refractivity contribution in [1.29, 1.82) is 0 Å². The summed E-state index contributed by atoms with van der Waals surface area (Å²) in [5.74, 6) is 0.577. The van der Waals surface area contributed by atoms with Gasteiger partial charge in [-0.3, -0.25) is 0 Å². The van der Waals surface area contributed by atoms with Crippen molar-refractivity contribution in [3.05, 3.63) is 11.7 Å². The van der Waals surface area contributed by atoms with Crippen LogP contribution in [-0.4, -0.2) is 73.8 Å². The van der Waals surface area contributed by atoms with Crippen LogP contribution in [0.4, 0.5) is 0 Å². The minimum atomic E-state index is -3.36. The smallest absolute Gasteiger partial charge is 0.231 e. The van der Waals surface area contributed by atoms with E-state index < -0.39 is 25.5 Å². The van der Waals surface area contributed by atoms with Crippen LogP contribution in [0.2, 0.25) is 0 Å². The van der Waals surface area contributed by atoms with E-state index >= 15 is 0 Å². The Bertz CT molecular complexity index is 810. The van der Waals surface area contributed by atoms with E-state index in [1.807, 2.05) is 0 Å². The molecule has 9 nitrogen and oxygen atoms in total. The molecule has 23 heavy (non-hydrogen) atoms. The van der Waals surface area contributed by atoms with Crippen molar-refractivity contribution in [2.75, 3.05) is 38.2 Å². The van der Waals surface area contributed by atoms with Crippen molar-refractivity contribution < 1.29 is 21.4 Å². The van der Waals surface area contributed by atoms with Gasteiger partial charge in [-0.25, -0.2) is 25.4 Å². The highest BCUT2D eigenvalue weighted by Crippen LogP contribution is 2.50. The van der Waals surface area contributed by atoms with Crippen molar-refractivity contribution in [2.45, 2.75) is 19.8 Å². The fourth-order valence-corrected chi connectivity index (χ4v) is 5.50. The van der Waals surface area contributed by atoms with E-state index in [1.165, 1.54) is 8.61 Å². The van der Waals surface area contributed by atoms with Crippen molar-refractivity contribution >= 4 is 20.0 Å². The predicted octanol–water partition coefficient (Wildman–Crippen LogP) is -0.611. The van der Waals surface area contributed by atoms with E-state index in [4.69, 9.17) is 4.52 Å². The summed E-state index contributed by atoms with van der Waals surface area (Å²) in [5.41, 5.74) is -0.496. The summed E-state index contributed by atoms with van der Waals surface area (Å²) in [4.78, 5) is 4.23. The summed E-state index contributed by atoms with van der Waals surface area (Å²) in [6.07, 6.45) is 1.15. The Balaban J connectivity index is 1.92. The monoisotopic (exact) mass is 364 g/mol. The van der Waals surface area contributed by atoms with Gasteiger partial charge in [0.25, 0.3) is 0 Å². The van der Waals surface area contributed by atoms with Crippen LogP contribution in [0.5, 0.6) is 0 Å². The summed E-state index contributed by atoms with van der Waals surface area (Å²) >= 11 is 0. The van der Waals surface area contributed by atoms with Gasteiger partial charge in [0, 0.05) is 31.6 Å². The van der Waals surface area contributed by atoms with Crippen LogP contribution in [0.1, 0.15) is 24.6 Å². The molecule has 0 amide bonds. The third-order valence-corrected chi connectivity index (χ3v) is 7.66. The van der Waals surface area contributed by atoms with Gasteiger partial charge >= 0.3 is 0 Å². The topological polar surface area (TPSA) is 114 Å². The van der Waals surface area contributed by atoms with Crippen LogP contribution in [-0.2, 0) is 20.0 Å². The Kier molecular flexibility index (Phi) is 3.82. The van der Waals surface area contributed by atoms with Crippen LogP contribution < -0.4 is 0 Å². The Hall–Kier alpha value is -1.04. The second-order valence-corrected chi connectivity index (χ2v) is 10.6. The molecule has 2 fully saturated rings. The molecule has 0 aromatic carbocycles. The molecule has 0 bridgehead atoms. The summed E-state index contributed by atoms with van der Waals surface area (Å²) < 4.78 is 55.8. The lowest BCUT2D eigenvalue weighted by atomic mass is 9.73.